The molecular formula is C26H25FN2. The second kappa shape index (κ2) is 10.3. The number of halogens is 1. The highest BCUT2D eigenvalue weighted by Gasteiger charge is 2.08. The topological polar surface area (TPSA) is 25.8 Å². The van der Waals surface area contributed by atoms with E-state index >= 15 is 0 Å². The van der Waals surface area contributed by atoms with E-state index in [0.717, 1.165) is 35.1 Å². The van der Waals surface area contributed by atoms with Crippen molar-refractivity contribution < 1.29 is 4.39 Å². The number of alkyl halides is 1. The van der Waals surface area contributed by atoms with Crippen LogP contribution in [0, 0.1) is 11.8 Å². The Morgan fingerprint density at radius 1 is 1.07 bits per heavy atom. The van der Waals surface area contributed by atoms with Gasteiger partial charge in [0.05, 0.1) is 6.17 Å². The lowest BCUT2D eigenvalue weighted by Crippen LogP contribution is -1.92. The average Bonchev–Trinajstić information content (AvgIpc) is 2.75. The largest absolute Gasteiger partial charge is 0.248 e. The second-order valence-corrected chi connectivity index (χ2v) is 7.00. The van der Waals surface area contributed by atoms with Crippen molar-refractivity contribution >= 4 is 0 Å². The summed E-state index contributed by atoms with van der Waals surface area (Å²) in [5, 5.41) is 0. The molecule has 1 aromatic heterocycles. The molecule has 0 aliphatic rings. The molecule has 3 rings (SSSR count). The molecule has 3 heteroatoms. The predicted octanol–water partition coefficient (Wildman–Crippen LogP) is 6.42. The van der Waals surface area contributed by atoms with Crippen LogP contribution in [0.15, 0.2) is 73.6 Å². The zero-order chi connectivity index (χ0) is 20.5. The fraction of sp³-hybridized carbons (Fsp3) is 0.231. The first-order valence-corrected chi connectivity index (χ1v) is 9.92. The fourth-order valence-corrected chi connectivity index (χ4v) is 3.10. The van der Waals surface area contributed by atoms with Crippen molar-refractivity contribution in [2.45, 2.75) is 38.8 Å². The smallest absolute Gasteiger partial charge is 0.159 e. The first kappa shape index (κ1) is 20.5. The Morgan fingerprint density at radius 3 is 2.48 bits per heavy atom. The Hall–Kier alpha value is -3.25. The molecule has 0 amide bonds. The molecule has 1 unspecified atom stereocenters. The van der Waals surface area contributed by atoms with Gasteiger partial charge in [-0.1, -0.05) is 42.2 Å². The van der Waals surface area contributed by atoms with Crippen LogP contribution in [-0.4, -0.2) is 16.1 Å². The Labute approximate surface area is 172 Å². The first-order valence-electron chi connectivity index (χ1n) is 9.92. The Kier molecular flexibility index (Phi) is 7.30. The molecule has 1 atom stereocenters. The Bertz CT molecular complexity index is 996. The van der Waals surface area contributed by atoms with Gasteiger partial charge in [-0.3, -0.25) is 0 Å². The Balaban J connectivity index is 1.94. The van der Waals surface area contributed by atoms with Crippen LogP contribution in [0.5, 0.6) is 0 Å². The third-order valence-corrected chi connectivity index (χ3v) is 4.62. The monoisotopic (exact) mass is 384 g/mol. The van der Waals surface area contributed by atoms with Gasteiger partial charge in [0.1, 0.15) is 0 Å². The molecule has 3 aromatic rings. The number of hydrogen-bond acceptors (Lipinski definition) is 2. The van der Waals surface area contributed by atoms with Crippen LogP contribution in [-0.2, 0) is 6.42 Å². The van der Waals surface area contributed by atoms with Crippen molar-refractivity contribution in [3.8, 4) is 34.4 Å². The first-order chi connectivity index (χ1) is 14.2. The molecule has 0 aliphatic carbocycles. The van der Waals surface area contributed by atoms with E-state index in [1.165, 1.54) is 5.56 Å². The summed E-state index contributed by atoms with van der Waals surface area (Å²) in [6, 6.07) is 16.4. The van der Waals surface area contributed by atoms with Crippen LogP contribution in [0.2, 0.25) is 0 Å². The van der Waals surface area contributed by atoms with Crippen LogP contribution >= 0.6 is 0 Å². The number of aromatic nitrogens is 2. The summed E-state index contributed by atoms with van der Waals surface area (Å²) in [5.41, 5.74) is 5.27. The van der Waals surface area contributed by atoms with Crippen molar-refractivity contribution in [1.82, 2.24) is 9.97 Å². The molecule has 29 heavy (non-hydrogen) atoms. The van der Waals surface area contributed by atoms with Crippen LogP contribution in [0.4, 0.5) is 4.39 Å². The average molecular weight is 384 g/mol. The summed E-state index contributed by atoms with van der Waals surface area (Å²) in [4.78, 5) is 8.72. The molecule has 2 nitrogen and oxygen atoms in total. The highest BCUT2D eigenvalue weighted by Crippen LogP contribution is 2.28. The second-order valence-electron chi connectivity index (χ2n) is 7.00. The third kappa shape index (κ3) is 5.86. The van der Waals surface area contributed by atoms with Gasteiger partial charge in [-0.15, -0.1) is 6.58 Å². The minimum atomic E-state index is -0.772. The van der Waals surface area contributed by atoms with Crippen molar-refractivity contribution in [3.05, 3.63) is 84.7 Å². The van der Waals surface area contributed by atoms with E-state index in [1.54, 1.807) is 25.4 Å². The van der Waals surface area contributed by atoms with Gasteiger partial charge >= 0.3 is 0 Å². The summed E-state index contributed by atoms with van der Waals surface area (Å²) in [5.74, 6) is 7.16. The number of hydrogen-bond donors (Lipinski definition) is 0. The van der Waals surface area contributed by atoms with Gasteiger partial charge in [0.15, 0.2) is 5.82 Å². The van der Waals surface area contributed by atoms with E-state index in [4.69, 9.17) is 0 Å². The number of nitrogens with zero attached hydrogens (tertiary/aromatic N) is 2. The van der Waals surface area contributed by atoms with Crippen LogP contribution in [0.1, 0.15) is 37.3 Å². The quantitative estimate of drug-likeness (QED) is 0.267. The fourth-order valence-electron chi connectivity index (χ4n) is 3.10. The van der Waals surface area contributed by atoms with Gasteiger partial charge in [0.25, 0.3) is 0 Å². The number of unbranched alkanes of at least 4 members (excludes halogenated alkanes) is 1. The molecule has 0 radical (unpaired) electrons. The minimum absolute atomic E-state index is 0.552. The van der Waals surface area contributed by atoms with Gasteiger partial charge in [-0.05, 0) is 67.1 Å². The Morgan fingerprint density at radius 2 is 1.79 bits per heavy atom. The molecule has 1 heterocycles. The van der Waals surface area contributed by atoms with Crippen molar-refractivity contribution in [3.63, 3.8) is 0 Å². The lowest BCUT2D eigenvalue weighted by molar-refractivity contribution is 0.336. The van der Waals surface area contributed by atoms with Crippen molar-refractivity contribution in [2.75, 3.05) is 0 Å². The van der Waals surface area contributed by atoms with E-state index < -0.39 is 6.17 Å². The molecule has 0 spiro atoms. The van der Waals surface area contributed by atoms with Gasteiger partial charge in [0, 0.05) is 29.9 Å². The van der Waals surface area contributed by atoms with Crippen LogP contribution in [0.25, 0.3) is 22.5 Å². The van der Waals surface area contributed by atoms with Gasteiger partial charge in [0.2, 0.25) is 0 Å². The van der Waals surface area contributed by atoms with E-state index in [1.807, 2.05) is 18.2 Å². The molecule has 0 fully saturated rings. The minimum Gasteiger partial charge on any atom is -0.248 e. The molecule has 0 saturated heterocycles. The summed E-state index contributed by atoms with van der Waals surface area (Å²) >= 11 is 0. The van der Waals surface area contributed by atoms with Crippen LogP contribution < -0.4 is 0 Å². The lowest BCUT2D eigenvalue weighted by atomic mass is 9.96. The van der Waals surface area contributed by atoms with Gasteiger partial charge in [-0.2, -0.15) is 0 Å². The van der Waals surface area contributed by atoms with E-state index in [-0.39, 0.29) is 0 Å². The molecule has 0 aliphatic heterocycles. The van der Waals surface area contributed by atoms with Crippen molar-refractivity contribution in [1.29, 1.82) is 0 Å². The molecule has 2 aromatic carbocycles. The zero-order valence-corrected chi connectivity index (χ0v) is 16.7. The molecular weight excluding hydrogens is 359 g/mol. The van der Waals surface area contributed by atoms with Gasteiger partial charge in [-0.25, -0.2) is 14.4 Å². The van der Waals surface area contributed by atoms with Gasteiger partial charge < -0.3 is 0 Å². The number of rotatable bonds is 7. The van der Waals surface area contributed by atoms with Crippen LogP contribution in [0.3, 0.4) is 0 Å². The summed E-state index contributed by atoms with van der Waals surface area (Å²) < 4.78 is 13.0. The maximum atomic E-state index is 13.0. The molecule has 146 valence electrons. The van der Waals surface area contributed by atoms with E-state index in [9.17, 15) is 4.39 Å². The maximum absolute atomic E-state index is 13.0. The molecule has 0 saturated carbocycles. The normalized spacial score (nSPS) is 11.4. The predicted molar refractivity (Wildman–Crippen MR) is 118 cm³/mol. The number of benzene rings is 2. The zero-order valence-electron chi connectivity index (χ0n) is 16.7. The van der Waals surface area contributed by atoms with E-state index in [2.05, 4.69) is 58.7 Å². The molecule has 0 N–H and O–H groups in total. The maximum Gasteiger partial charge on any atom is 0.159 e. The van der Waals surface area contributed by atoms with E-state index in [0.29, 0.717) is 18.7 Å². The standard InChI is InChI=1S/C26H25FN2/c1-3-8-21-11-13-23(14-12-21)25-19-24(26-28-17-7-18-29-26)16-15-22(25)10-6-4-5-9-20(2)27/h3,7,11-20H,1,4-5,8-9H2,2H3. The third-order valence-electron chi connectivity index (χ3n) is 4.62. The summed E-state index contributed by atoms with van der Waals surface area (Å²) in [7, 11) is 0. The summed E-state index contributed by atoms with van der Waals surface area (Å²) in [6.07, 6.45) is 7.47. The lowest BCUT2D eigenvalue weighted by Gasteiger charge is -2.09. The molecule has 0 bridgehead atoms. The SMILES string of the molecule is C=CCc1ccc(-c2cc(-c3ncccn3)ccc2C#CCCCC(C)F)cc1. The highest BCUT2D eigenvalue weighted by atomic mass is 19.1. The summed E-state index contributed by atoms with van der Waals surface area (Å²) in [6.45, 7) is 5.39. The highest BCUT2D eigenvalue weighted by molar-refractivity contribution is 5.76. The van der Waals surface area contributed by atoms with Crippen molar-refractivity contribution in [2.24, 2.45) is 0 Å². The number of allylic oxidation sites excluding steroid dienone is 1.